The summed E-state index contributed by atoms with van der Waals surface area (Å²) in [4.78, 5) is 17.0. The molecule has 2 rings (SSSR count). The molecule has 0 aliphatic carbocycles. The number of carbonyl (C=O) groups excluding carboxylic acids is 1. The van der Waals surface area contributed by atoms with Crippen molar-refractivity contribution in [3.63, 3.8) is 0 Å². The Bertz CT molecular complexity index is 908. The van der Waals surface area contributed by atoms with Crippen molar-refractivity contribution in [2.75, 3.05) is 14.2 Å². The Morgan fingerprint density at radius 3 is 2.36 bits per heavy atom. The second-order valence-electron chi connectivity index (χ2n) is 5.40. The van der Waals surface area contributed by atoms with Gasteiger partial charge in [-0.2, -0.15) is 13.2 Å². The lowest BCUT2D eigenvalue weighted by atomic mass is 10.00. The van der Waals surface area contributed by atoms with Crippen LogP contribution < -0.4 is 10.6 Å². The zero-order valence-corrected chi connectivity index (χ0v) is 15.0. The van der Waals surface area contributed by atoms with Crippen LogP contribution in [-0.4, -0.2) is 26.0 Å². The lowest BCUT2D eigenvalue weighted by Crippen LogP contribution is -2.18. The Labute approximate surface area is 159 Å². The molecule has 9 heteroatoms. The van der Waals surface area contributed by atoms with Gasteiger partial charge in [0.1, 0.15) is 5.57 Å². The number of esters is 1. The van der Waals surface area contributed by atoms with E-state index in [2.05, 4.69) is 5.16 Å². The van der Waals surface area contributed by atoms with E-state index in [1.54, 1.807) is 24.3 Å². The molecular formula is C19H17F3N2O4. The number of hydrogen-bond donors (Lipinski definition) is 1. The molecule has 6 nitrogen and oxygen atoms in total. The third-order valence-electron chi connectivity index (χ3n) is 3.54. The average molecular weight is 394 g/mol. The Morgan fingerprint density at radius 2 is 1.75 bits per heavy atom. The molecule has 0 atom stereocenters. The Balaban J connectivity index is 2.36. The lowest BCUT2D eigenvalue weighted by Gasteiger charge is -2.11. The maximum absolute atomic E-state index is 12.8. The first-order chi connectivity index (χ1) is 13.3. The van der Waals surface area contributed by atoms with Crippen LogP contribution in [-0.2, 0) is 20.4 Å². The van der Waals surface area contributed by atoms with E-state index in [9.17, 15) is 18.0 Å². The third-order valence-corrected chi connectivity index (χ3v) is 3.54. The van der Waals surface area contributed by atoms with Crippen molar-refractivity contribution in [3.05, 3.63) is 71.5 Å². The smallest absolute Gasteiger partial charge is 0.416 e. The molecule has 2 aromatic carbocycles. The van der Waals surface area contributed by atoms with Gasteiger partial charge in [0.2, 0.25) is 0 Å². The maximum Gasteiger partial charge on any atom is 0.416 e. The monoisotopic (exact) mass is 394 g/mol. The molecule has 0 radical (unpaired) electrons. The molecule has 0 heterocycles. The molecule has 0 saturated heterocycles. The van der Waals surface area contributed by atoms with E-state index in [1.165, 1.54) is 32.6 Å². The zero-order valence-electron chi connectivity index (χ0n) is 15.0. The van der Waals surface area contributed by atoms with Crippen LogP contribution in [0.2, 0.25) is 0 Å². The minimum atomic E-state index is -4.51. The largest absolute Gasteiger partial charge is 0.503 e. The zero-order chi connectivity index (χ0) is 20.7. The fraction of sp³-hybridized carbons (Fsp3) is 0.158. The van der Waals surface area contributed by atoms with Gasteiger partial charge in [-0.1, -0.05) is 35.5 Å². The van der Waals surface area contributed by atoms with Crippen LogP contribution in [0.5, 0.6) is 5.75 Å². The van der Waals surface area contributed by atoms with Gasteiger partial charge in [-0.25, -0.2) is 4.79 Å². The second-order valence-corrected chi connectivity index (χ2v) is 5.40. The van der Waals surface area contributed by atoms with E-state index >= 15 is 0 Å². The van der Waals surface area contributed by atoms with Crippen LogP contribution in [0.25, 0.3) is 5.57 Å². The number of carbonyl (C=O) groups is 1. The topological polar surface area (TPSA) is 83.1 Å². The summed E-state index contributed by atoms with van der Waals surface area (Å²) >= 11 is 0. The van der Waals surface area contributed by atoms with Gasteiger partial charge >= 0.3 is 12.1 Å². The molecular weight excluding hydrogens is 377 g/mol. The van der Waals surface area contributed by atoms with Gasteiger partial charge < -0.3 is 20.0 Å². The predicted octanol–water partition coefficient (Wildman–Crippen LogP) is 3.57. The SMILES string of the molecule is COC=C(C(=O)OC)c1ccccc1C(N)=NOc1cccc(C(F)(F)F)c1. The molecule has 0 unspecified atom stereocenters. The first-order valence-electron chi connectivity index (χ1n) is 7.86. The molecule has 0 bridgehead atoms. The number of amidine groups is 1. The van der Waals surface area contributed by atoms with Crippen molar-refractivity contribution < 1.29 is 32.3 Å². The van der Waals surface area contributed by atoms with E-state index in [0.29, 0.717) is 11.1 Å². The molecule has 2 N–H and O–H groups in total. The Hall–Kier alpha value is -3.49. The van der Waals surface area contributed by atoms with Gasteiger partial charge in [-0.05, 0) is 18.2 Å². The van der Waals surface area contributed by atoms with Gasteiger partial charge in [0.15, 0.2) is 11.6 Å². The van der Waals surface area contributed by atoms with Crippen molar-refractivity contribution >= 4 is 17.4 Å². The number of oxime groups is 1. The Morgan fingerprint density at radius 1 is 1.07 bits per heavy atom. The highest BCUT2D eigenvalue weighted by atomic mass is 19.4. The standard InChI is InChI=1S/C19H17F3N2O4/c1-26-11-16(18(25)27-2)14-8-3-4-9-15(14)17(23)24-28-13-7-5-6-12(10-13)19(20,21)22/h3-11H,1-2H3,(H2,23,24). The number of alkyl halides is 3. The normalized spacial score (nSPS) is 12.5. The van der Waals surface area contributed by atoms with E-state index < -0.39 is 17.7 Å². The van der Waals surface area contributed by atoms with Crippen molar-refractivity contribution in [3.8, 4) is 5.75 Å². The maximum atomic E-state index is 12.8. The van der Waals surface area contributed by atoms with Gasteiger partial charge in [-0.3, -0.25) is 0 Å². The van der Waals surface area contributed by atoms with E-state index in [4.69, 9.17) is 20.0 Å². The van der Waals surface area contributed by atoms with E-state index in [1.807, 2.05) is 0 Å². The van der Waals surface area contributed by atoms with Crippen molar-refractivity contribution in [2.24, 2.45) is 10.9 Å². The number of nitrogens with zero attached hydrogens (tertiary/aromatic N) is 1. The number of nitrogens with two attached hydrogens (primary N) is 1. The molecule has 0 spiro atoms. The quantitative estimate of drug-likeness (QED) is 0.202. The van der Waals surface area contributed by atoms with Gasteiger partial charge in [0.25, 0.3) is 0 Å². The highest BCUT2D eigenvalue weighted by molar-refractivity contribution is 6.19. The summed E-state index contributed by atoms with van der Waals surface area (Å²) in [6, 6.07) is 10.7. The molecule has 0 saturated carbocycles. The minimum Gasteiger partial charge on any atom is -0.503 e. The third kappa shape index (κ3) is 5.03. The summed E-state index contributed by atoms with van der Waals surface area (Å²) in [5.74, 6) is -0.962. The first kappa shape index (κ1) is 20.8. The minimum absolute atomic E-state index is 0.0813. The van der Waals surface area contributed by atoms with Crippen LogP contribution in [0.4, 0.5) is 13.2 Å². The molecule has 0 fully saturated rings. The van der Waals surface area contributed by atoms with Crippen LogP contribution in [0.3, 0.4) is 0 Å². The van der Waals surface area contributed by atoms with Crippen LogP contribution in [0, 0.1) is 0 Å². The number of hydrogen-bond acceptors (Lipinski definition) is 5. The predicted molar refractivity (Wildman–Crippen MR) is 96.2 cm³/mol. The summed E-state index contributed by atoms with van der Waals surface area (Å²) in [7, 11) is 2.57. The molecule has 28 heavy (non-hydrogen) atoms. The highest BCUT2D eigenvalue weighted by Crippen LogP contribution is 2.31. The van der Waals surface area contributed by atoms with Crippen LogP contribution in [0.15, 0.2) is 59.9 Å². The van der Waals surface area contributed by atoms with E-state index in [-0.39, 0.29) is 17.2 Å². The summed E-state index contributed by atoms with van der Waals surface area (Å²) in [5.41, 5.74) is 5.79. The summed E-state index contributed by atoms with van der Waals surface area (Å²) in [5, 5.41) is 3.68. The fourth-order valence-corrected chi connectivity index (χ4v) is 2.27. The number of benzene rings is 2. The van der Waals surface area contributed by atoms with Crippen molar-refractivity contribution in [2.45, 2.75) is 6.18 Å². The van der Waals surface area contributed by atoms with Gasteiger partial charge in [0.05, 0.1) is 26.0 Å². The lowest BCUT2D eigenvalue weighted by molar-refractivity contribution is -0.137. The summed E-state index contributed by atoms with van der Waals surface area (Å²) in [6.07, 6.45) is -3.33. The first-order valence-corrected chi connectivity index (χ1v) is 7.86. The molecule has 0 aliphatic heterocycles. The van der Waals surface area contributed by atoms with Crippen molar-refractivity contribution in [1.29, 1.82) is 0 Å². The number of methoxy groups -OCH3 is 2. The average Bonchev–Trinajstić information content (AvgIpc) is 2.69. The summed E-state index contributed by atoms with van der Waals surface area (Å²) < 4.78 is 48.0. The second kappa shape index (κ2) is 8.94. The number of ether oxygens (including phenoxy) is 2. The molecule has 0 amide bonds. The van der Waals surface area contributed by atoms with E-state index in [0.717, 1.165) is 12.1 Å². The number of halogens is 3. The van der Waals surface area contributed by atoms with Crippen LogP contribution >= 0.6 is 0 Å². The number of rotatable bonds is 6. The Kier molecular flexibility index (Phi) is 6.64. The fourth-order valence-electron chi connectivity index (χ4n) is 2.27. The molecule has 148 valence electrons. The summed E-state index contributed by atoms with van der Waals surface area (Å²) in [6.45, 7) is 0. The molecule has 2 aromatic rings. The van der Waals surface area contributed by atoms with Gasteiger partial charge in [0, 0.05) is 11.1 Å². The van der Waals surface area contributed by atoms with Crippen LogP contribution in [0.1, 0.15) is 16.7 Å². The van der Waals surface area contributed by atoms with Crippen molar-refractivity contribution in [1.82, 2.24) is 0 Å². The highest BCUT2D eigenvalue weighted by Gasteiger charge is 2.30. The van der Waals surface area contributed by atoms with Gasteiger partial charge in [-0.15, -0.1) is 0 Å². The molecule has 0 aliphatic rings. The molecule has 0 aromatic heterocycles.